The second-order valence-corrected chi connectivity index (χ2v) is 5.34. The maximum atomic E-state index is 13.7. The lowest BCUT2D eigenvalue weighted by Crippen LogP contribution is -2.42. The molecule has 1 aromatic carbocycles. The van der Waals surface area contributed by atoms with Crippen molar-refractivity contribution in [3.8, 4) is 0 Å². The summed E-state index contributed by atoms with van der Waals surface area (Å²) >= 11 is 0. The maximum Gasteiger partial charge on any atom is 0.126 e. The van der Waals surface area contributed by atoms with Crippen LogP contribution in [0, 0.1) is 12.7 Å². The Labute approximate surface area is 113 Å². The Kier molecular flexibility index (Phi) is 4.42. The van der Waals surface area contributed by atoms with Crippen LogP contribution in [0.2, 0.25) is 0 Å². The summed E-state index contributed by atoms with van der Waals surface area (Å²) in [6.07, 6.45) is 2.66. The van der Waals surface area contributed by atoms with Crippen LogP contribution in [0.1, 0.15) is 43.4 Å². The number of halogens is 1. The van der Waals surface area contributed by atoms with Crippen molar-refractivity contribution < 1.29 is 14.6 Å². The van der Waals surface area contributed by atoms with Crippen LogP contribution in [0.25, 0.3) is 0 Å². The lowest BCUT2D eigenvalue weighted by atomic mass is 9.90. The molecule has 1 aliphatic rings. The molecule has 2 N–H and O–H groups in total. The number of hydrogen-bond donors (Lipinski definition) is 2. The molecule has 0 saturated heterocycles. The van der Waals surface area contributed by atoms with E-state index in [0.717, 1.165) is 18.5 Å². The topological polar surface area (TPSA) is 43.7 Å². The van der Waals surface area contributed by atoms with Crippen molar-refractivity contribution in [3.05, 3.63) is 29.1 Å². The summed E-state index contributed by atoms with van der Waals surface area (Å²) in [5.74, 6) is -0.294. The molecule has 0 heterocycles. The smallest absolute Gasteiger partial charge is 0.126 e. The molecule has 0 spiro atoms. The highest BCUT2D eigenvalue weighted by atomic mass is 19.1. The summed E-state index contributed by atoms with van der Waals surface area (Å²) in [6, 6.07) is 3.60. The standard InChI is InChI=1S/C15H22FNO2/c1-10-8-15(13(11(2)19)9-14(10)16)17(6-7-18)12-4-3-5-12/h8-9,11-12,18-19H,3-7H2,1-2H3/t11-/m0/s1. The third kappa shape index (κ3) is 2.90. The highest BCUT2D eigenvalue weighted by molar-refractivity contribution is 5.57. The second-order valence-electron chi connectivity index (χ2n) is 5.34. The minimum atomic E-state index is -0.716. The van der Waals surface area contributed by atoms with Gasteiger partial charge >= 0.3 is 0 Å². The quantitative estimate of drug-likeness (QED) is 0.861. The highest BCUT2D eigenvalue weighted by Gasteiger charge is 2.27. The van der Waals surface area contributed by atoms with Gasteiger partial charge in [-0.05, 0) is 50.8 Å². The summed E-state index contributed by atoms with van der Waals surface area (Å²) in [4.78, 5) is 2.11. The van der Waals surface area contributed by atoms with E-state index in [1.165, 1.54) is 12.5 Å². The Bertz CT molecular complexity index is 444. The largest absolute Gasteiger partial charge is 0.395 e. The van der Waals surface area contributed by atoms with Gasteiger partial charge in [0.05, 0.1) is 12.7 Å². The molecule has 0 unspecified atom stereocenters. The molecular weight excluding hydrogens is 245 g/mol. The van der Waals surface area contributed by atoms with Crippen molar-refractivity contribution in [2.75, 3.05) is 18.1 Å². The zero-order valence-corrected chi connectivity index (χ0v) is 11.6. The lowest BCUT2D eigenvalue weighted by Gasteiger charge is -2.40. The van der Waals surface area contributed by atoms with Crippen LogP contribution in [-0.2, 0) is 0 Å². The summed E-state index contributed by atoms with van der Waals surface area (Å²) in [7, 11) is 0. The van der Waals surface area contributed by atoms with Crippen LogP contribution in [0.4, 0.5) is 10.1 Å². The Balaban J connectivity index is 2.41. The molecule has 19 heavy (non-hydrogen) atoms. The highest BCUT2D eigenvalue weighted by Crippen LogP contribution is 2.35. The van der Waals surface area contributed by atoms with E-state index in [9.17, 15) is 14.6 Å². The first-order valence-electron chi connectivity index (χ1n) is 6.90. The van der Waals surface area contributed by atoms with Gasteiger partial charge in [-0.25, -0.2) is 4.39 Å². The minimum Gasteiger partial charge on any atom is -0.395 e. The monoisotopic (exact) mass is 267 g/mol. The number of aryl methyl sites for hydroxylation is 1. The van der Waals surface area contributed by atoms with Crippen molar-refractivity contribution >= 4 is 5.69 Å². The minimum absolute atomic E-state index is 0.0617. The fraction of sp³-hybridized carbons (Fsp3) is 0.600. The summed E-state index contributed by atoms with van der Waals surface area (Å²) in [5.41, 5.74) is 2.03. The van der Waals surface area contributed by atoms with E-state index >= 15 is 0 Å². The first-order valence-corrected chi connectivity index (χ1v) is 6.90. The second kappa shape index (κ2) is 5.88. The van der Waals surface area contributed by atoms with Crippen LogP contribution in [0.15, 0.2) is 12.1 Å². The van der Waals surface area contributed by atoms with E-state index in [1.54, 1.807) is 19.9 Å². The molecule has 0 aliphatic heterocycles. The number of anilines is 1. The Morgan fingerprint density at radius 3 is 2.58 bits per heavy atom. The molecule has 0 radical (unpaired) electrons. The van der Waals surface area contributed by atoms with Crippen molar-refractivity contribution in [3.63, 3.8) is 0 Å². The molecule has 2 rings (SSSR count). The fourth-order valence-electron chi connectivity index (χ4n) is 2.57. The Hall–Kier alpha value is -1.13. The molecule has 4 heteroatoms. The molecule has 1 aliphatic carbocycles. The summed E-state index contributed by atoms with van der Waals surface area (Å²) in [6.45, 7) is 3.95. The van der Waals surface area contributed by atoms with Crippen molar-refractivity contribution in [2.45, 2.75) is 45.3 Å². The third-order valence-electron chi connectivity index (χ3n) is 3.92. The van der Waals surface area contributed by atoms with Crippen LogP contribution in [0.5, 0.6) is 0 Å². The van der Waals surface area contributed by atoms with Gasteiger partial charge < -0.3 is 15.1 Å². The fourth-order valence-corrected chi connectivity index (χ4v) is 2.57. The summed E-state index contributed by atoms with van der Waals surface area (Å²) in [5, 5.41) is 19.1. The van der Waals surface area contributed by atoms with Gasteiger partial charge in [0, 0.05) is 23.8 Å². The summed E-state index contributed by atoms with van der Waals surface area (Å²) < 4.78 is 13.7. The van der Waals surface area contributed by atoms with E-state index in [0.29, 0.717) is 23.7 Å². The Morgan fingerprint density at radius 1 is 1.42 bits per heavy atom. The molecule has 0 amide bonds. The number of benzene rings is 1. The first-order chi connectivity index (χ1) is 9.04. The van der Waals surface area contributed by atoms with Crippen LogP contribution in [-0.4, -0.2) is 29.4 Å². The number of aliphatic hydroxyl groups excluding tert-OH is 2. The average molecular weight is 267 g/mol. The van der Waals surface area contributed by atoms with Crippen LogP contribution >= 0.6 is 0 Å². The van der Waals surface area contributed by atoms with Gasteiger partial charge in [0.25, 0.3) is 0 Å². The van der Waals surface area contributed by atoms with Crippen molar-refractivity contribution in [1.29, 1.82) is 0 Å². The van der Waals surface area contributed by atoms with E-state index in [2.05, 4.69) is 4.90 Å². The molecule has 106 valence electrons. The molecule has 3 nitrogen and oxygen atoms in total. The first kappa shape index (κ1) is 14.3. The van der Waals surface area contributed by atoms with Gasteiger partial charge in [-0.3, -0.25) is 0 Å². The number of aliphatic hydroxyl groups is 2. The number of nitrogens with zero attached hydrogens (tertiary/aromatic N) is 1. The lowest BCUT2D eigenvalue weighted by molar-refractivity contribution is 0.198. The van der Waals surface area contributed by atoms with Gasteiger partial charge in [0.2, 0.25) is 0 Å². The normalized spacial score (nSPS) is 17.1. The van der Waals surface area contributed by atoms with E-state index in [4.69, 9.17) is 0 Å². The molecular formula is C15H22FNO2. The van der Waals surface area contributed by atoms with Crippen molar-refractivity contribution in [1.82, 2.24) is 0 Å². The van der Waals surface area contributed by atoms with E-state index < -0.39 is 6.10 Å². The zero-order chi connectivity index (χ0) is 14.0. The van der Waals surface area contributed by atoms with Gasteiger partial charge in [-0.2, -0.15) is 0 Å². The zero-order valence-electron chi connectivity index (χ0n) is 11.6. The van der Waals surface area contributed by atoms with Gasteiger partial charge in [0.1, 0.15) is 5.82 Å². The predicted octanol–water partition coefficient (Wildman–Crippen LogP) is 2.54. The SMILES string of the molecule is Cc1cc(N(CCO)C2CCC2)c([C@H](C)O)cc1F. The van der Waals surface area contributed by atoms with E-state index in [1.807, 2.05) is 0 Å². The molecule has 1 aromatic rings. The van der Waals surface area contributed by atoms with Gasteiger partial charge in [0.15, 0.2) is 0 Å². The number of rotatable bonds is 5. The average Bonchev–Trinajstić information content (AvgIpc) is 2.29. The third-order valence-corrected chi connectivity index (χ3v) is 3.92. The van der Waals surface area contributed by atoms with Crippen LogP contribution in [0.3, 0.4) is 0 Å². The van der Waals surface area contributed by atoms with E-state index in [-0.39, 0.29) is 12.4 Å². The molecule has 1 fully saturated rings. The predicted molar refractivity (Wildman–Crippen MR) is 73.8 cm³/mol. The van der Waals surface area contributed by atoms with Crippen molar-refractivity contribution in [2.24, 2.45) is 0 Å². The number of hydrogen-bond acceptors (Lipinski definition) is 3. The Morgan fingerprint density at radius 2 is 2.11 bits per heavy atom. The molecule has 1 saturated carbocycles. The van der Waals surface area contributed by atoms with Crippen LogP contribution < -0.4 is 4.90 Å². The van der Waals surface area contributed by atoms with Gasteiger partial charge in [-0.15, -0.1) is 0 Å². The molecule has 0 bridgehead atoms. The van der Waals surface area contributed by atoms with Gasteiger partial charge in [-0.1, -0.05) is 0 Å². The molecule has 1 atom stereocenters. The maximum absolute atomic E-state index is 13.7. The molecule has 0 aromatic heterocycles.